The first-order chi connectivity index (χ1) is 10.3. The molecule has 13 heteroatoms. The highest BCUT2D eigenvalue weighted by molar-refractivity contribution is 5.72. The second kappa shape index (κ2) is 6.26. The van der Waals surface area contributed by atoms with E-state index < -0.39 is 52.7 Å². The third-order valence-corrected chi connectivity index (χ3v) is 2.29. The Labute approximate surface area is 123 Å². The van der Waals surface area contributed by atoms with E-state index in [0.717, 1.165) is 7.11 Å². The highest BCUT2D eigenvalue weighted by Crippen LogP contribution is 2.39. The normalized spacial score (nSPS) is 12.0. The second-order valence-corrected chi connectivity index (χ2v) is 3.86. The number of rotatable bonds is 4. The van der Waals surface area contributed by atoms with Crippen LogP contribution in [0.15, 0.2) is 6.07 Å². The summed E-state index contributed by atoms with van der Waals surface area (Å²) < 4.78 is 82.3. The predicted molar refractivity (Wildman–Crippen MR) is 58.3 cm³/mol. The molecule has 0 radical (unpaired) electrons. The van der Waals surface area contributed by atoms with E-state index in [1.54, 1.807) is 0 Å². The summed E-state index contributed by atoms with van der Waals surface area (Å²) in [4.78, 5) is 23.1. The molecule has 1 rings (SSSR count). The number of pyridine rings is 1. The Morgan fingerprint density at radius 2 is 1.87 bits per heavy atom. The summed E-state index contributed by atoms with van der Waals surface area (Å²) in [6, 6.07) is -0.239. The van der Waals surface area contributed by atoms with E-state index in [-0.39, 0.29) is 6.07 Å². The van der Waals surface area contributed by atoms with Crippen LogP contribution in [0.1, 0.15) is 11.3 Å². The van der Waals surface area contributed by atoms with Gasteiger partial charge in [-0.2, -0.15) is 13.2 Å². The number of carbonyl (C=O) groups is 1. The Balaban J connectivity index is 3.55. The fraction of sp³-hybridized carbons (Fsp3) is 0.400. The van der Waals surface area contributed by atoms with Gasteiger partial charge in [-0.05, 0) is 9.91 Å². The number of methoxy groups -OCH3 is 1. The Morgan fingerprint density at radius 1 is 1.30 bits per heavy atom. The molecule has 0 N–H and O–H groups in total. The number of carbonyl (C=O) groups excluding carboxylic acids is 1. The van der Waals surface area contributed by atoms with Crippen molar-refractivity contribution >= 4 is 11.8 Å². The molecule has 0 atom stereocenters. The first-order valence-corrected chi connectivity index (χ1v) is 5.43. The summed E-state index contributed by atoms with van der Waals surface area (Å²) in [6.45, 7) is 0. The van der Waals surface area contributed by atoms with Crippen molar-refractivity contribution in [2.75, 3.05) is 7.11 Å². The van der Waals surface area contributed by atoms with Crippen molar-refractivity contribution in [3.63, 3.8) is 0 Å². The fourth-order valence-corrected chi connectivity index (χ4v) is 1.44. The topological polar surface area (TPSA) is 91.6 Å². The lowest BCUT2D eigenvalue weighted by Crippen LogP contribution is -2.21. The number of aromatic nitrogens is 1. The summed E-state index contributed by atoms with van der Waals surface area (Å²) in [5, 5.41) is 10.7. The van der Waals surface area contributed by atoms with Crippen molar-refractivity contribution in [1.29, 1.82) is 0 Å². The SMILES string of the molecule is COC(=O)Cc1nc([N+](=O)[O-])c(OC(F)(F)F)cc1C(F)(F)F. The molecule has 0 amide bonds. The third-order valence-electron chi connectivity index (χ3n) is 2.29. The van der Waals surface area contributed by atoms with Gasteiger partial charge in [0.15, 0.2) is 5.69 Å². The van der Waals surface area contributed by atoms with E-state index in [4.69, 9.17) is 0 Å². The molecule has 1 aromatic rings. The summed E-state index contributed by atoms with van der Waals surface area (Å²) in [5.74, 6) is -4.58. The average Bonchev–Trinajstić information content (AvgIpc) is 2.36. The molecule has 0 saturated heterocycles. The van der Waals surface area contributed by atoms with E-state index in [0.29, 0.717) is 0 Å². The maximum Gasteiger partial charge on any atom is 0.573 e. The van der Waals surface area contributed by atoms with Crippen LogP contribution in [0.5, 0.6) is 5.75 Å². The quantitative estimate of drug-likeness (QED) is 0.359. The van der Waals surface area contributed by atoms with Gasteiger partial charge in [0.05, 0.1) is 7.11 Å². The smallest absolute Gasteiger partial charge is 0.469 e. The van der Waals surface area contributed by atoms with Crippen LogP contribution in [0.3, 0.4) is 0 Å². The van der Waals surface area contributed by atoms with Crippen molar-refractivity contribution in [3.8, 4) is 5.75 Å². The number of hydrogen-bond acceptors (Lipinski definition) is 6. The van der Waals surface area contributed by atoms with Gasteiger partial charge >= 0.3 is 24.3 Å². The standard InChI is InChI=1S/C10H6F6N2O5/c1-22-7(19)3-5-4(9(11,12)13)2-6(23-10(14,15)16)8(17-5)18(20)21/h2H,3H2,1H3. The maximum absolute atomic E-state index is 12.8. The molecule has 1 heterocycles. The lowest BCUT2D eigenvalue weighted by molar-refractivity contribution is -0.393. The fourth-order valence-electron chi connectivity index (χ4n) is 1.44. The van der Waals surface area contributed by atoms with Crippen LogP contribution in [0.2, 0.25) is 0 Å². The van der Waals surface area contributed by atoms with Crippen LogP contribution in [0.4, 0.5) is 32.2 Å². The Kier molecular flexibility index (Phi) is 5.02. The number of nitrogens with zero attached hydrogens (tertiary/aromatic N) is 2. The van der Waals surface area contributed by atoms with Crippen LogP contribution in [0, 0.1) is 10.1 Å². The van der Waals surface area contributed by atoms with Gasteiger partial charge in [-0.1, -0.05) is 0 Å². The first kappa shape index (κ1) is 18.4. The van der Waals surface area contributed by atoms with Crippen molar-refractivity contribution in [2.24, 2.45) is 0 Å². The molecule has 0 spiro atoms. The van der Waals surface area contributed by atoms with Gasteiger partial charge in [-0.25, -0.2) is 0 Å². The van der Waals surface area contributed by atoms with E-state index in [9.17, 15) is 41.3 Å². The van der Waals surface area contributed by atoms with E-state index in [2.05, 4.69) is 14.5 Å². The molecule has 0 aliphatic rings. The molecule has 0 fully saturated rings. The molecule has 128 valence electrons. The van der Waals surface area contributed by atoms with Crippen LogP contribution < -0.4 is 4.74 Å². The molecule has 0 aliphatic heterocycles. The van der Waals surface area contributed by atoms with Crippen molar-refractivity contribution in [2.45, 2.75) is 19.0 Å². The molecule has 0 unspecified atom stereocenters. The van der Waals surface area contributed by atoms with Crippen LogP contribution in [-0.2, 0) is 22.1 Å². The molecule has 23 heavy (non-hydrogen) atoms. The van der Waals surface area contributed by atoms with Gasteiger partial charge in [-0.15, -0.1) is 13.2 Å². The molecule has 0 bridgehead atoms. The summed E-state index contributed by atoms with van der Waals surface area (Å²) >= 11 is 0. The minimum Gasteiger partial charge on any atom is -0.469 e. The molecule has 7 nitrogen and oxygen atoms in total. The minimum atomic E-state index is -5.47. The highest BCUT2D eigenvalue weighted by Gasteiger charge is 2.42. The largest absolute Gasteiger partial charge is 0.573 e. The predicted octanol–water partition coefficient (Wildman–Crippen LogP) is 2.62. The maximum atomic E-state index is 12.8. The Morgan fingerprint density at radius 3 is 2.26 bits per heavy atom. The third kappa shape index (κ3) is 4.96. The molecular formula is C10H6F6N2O5. The second-order valence-electron chi connectivity index (χ2n) is 3.86. The highest BCUT2D eigenvalue weighted by atomic mass is 19.4. The zero-order valence-electron chi connectivity index (χ0n) is 11.0. The van der Waals surface area contributed by atoms with Crippen LogP contribution >= 0.6 is 0 Å². The van der Waals surface area contributed by atoms with E-state index >= 15 is 0 Å². The summed E-state index contributed by atoms with van der Waals surface area (Å²) in [7, 11) is 0.838. The summed E-state index contributed by atoms with van der Waals surface area (Å²) in [6.07, 6.45) is -11.8. The number of esters is 1. The van der Waals surface area contributed by atoms with Gasteiger partial charge in [0.1, 0.15) is 12.0 Å². The molecular weight excluding hydrogens is 342 g/mol. The lowest BCUT2D eigenvalue weighted by Gasteiger charge is -2.13. The Hall–Kier alpha value is -2.60. The number of halogens is 6. The Bertz CT molecular complexity index is 627. The van der Waals surface area contributed by atoms with Crippen LogP contribution in [-0.4, -0.2) is 29.3 Å². The zero-order chi connectivity index (χ0) is 18.0. The van der Waals surface area contributed by atoms with Gasteiger partial charge in [0.2, 0.25) is 5.75 Å². The molecule has 1 aromatic heterocycles. The van der Waals surface area contributed by atoms with E-state index in [1.807, 2.05) is 0 Å². The molecule has 0 aromatic carbocycles. The van der Waals surface area contributed by atoms with Crippen molar-refractivity contribution < 1.29 is 45.5 Å². The number of ether oxygens (including phenoxy) is 2. The van der Waals surface area contributed by atoms with Crippen LogP contribution in [0.25, 0.3) is 0 Å². The van der Waals surface area contributed by atoms with Crippen molar-refractivity contribution in [3.05, 3.63) is 27.4 Å². The lowest BCUT2D eigenvalue weighted by atomic mass is 10.1. The average molecular weight is 348 g/mol. The molecule has 0 saturated carbocycles. The summed E-state index contributed by atoms with van der Waals surface area (Å²) in [5.41, 5.74) is -2.95. The van der Waals surface area contributed by atoms with Gasteiger partial charge in [-0.3, -0.25) is 4.79 Å². The number of hydrogen-bond donors (Lipinski definition) is 0. The van der Waals surface area contributed by atoms with Crippen molar-refractivity contribution in [1.82, 2.24) is 4.98 Å². The monoisotopic (exact) mass is 348 g/mol. The van der Waals surface area contributed by atoms with Gasteiger partial charge in [0.25, 0.3) is 0 Å². The zero-order valence-corrected chi connectivity index (χ0v) is 11.0. The minimum absolute atomic E-state index is 0.239. The number of nitro groups is 1. The van der Waals surface area contributed by atoms with Gasteiger partial charge < -0.3 is 19.6 Å². The number of alkyl halides is 6. The van der Waals surface area contributed by atoms with E-state index in [1.165, 1.54) is 0 Å². The first-order valence-electron chi connectivity index (χ1n) is 5.43. The molecule has 0 aliphatic carbocycles. The van der Waals surface area contributed by atoms with Gasteiger partial charge in [0, 0.05) is 6.07 Å².